The Labute approximate surface area is 165 Å². The second-order valence-electron chi connectivity index (χ2n) is 5.80. The Morgan fingerprint density at radius 3 is 1.96 bits per heavy atom. The molecule has 0 amide bonds. The molecule has 0 aromatic rings. The van der Waals surface area contributed by atoms with Gasteiger partial charge in [0.2, 0.25) is 0 Å². The highest BCUT2D eigenvalue weighted by Gasteiger charge is 2.21. The second-order valence-corrected chi connectivity index (χ2v) is 5.80. The molecule has 1 heterocycles. The van der Waals surface area contributed by atoms with Gasteiger partial charge in [0.25, 0.3) is 0 Å². The Balaban J connectivity index is 3.71. The first-order valence-corrected chi connectivity index (χ1v) is 9.36. The van der Waals surface area contributed by atoms with Crippen LogP contribution < -0.4 is 10.6 Å². The molecule has 0 aliphatic carbocycles. The summed E-state index contributed by atoms with van der Waals surface area (Å²) in [6, 6.07) is 0. The van der Waals surface area contributed by atoms with Gasteiger partial charge in [0.15, 0.2) is 0 Å². The Kier molecular flexibility index (Phi) is 10.1. The summed E-state index contributed by atoms with van der Waals surface area (Å²) in [5.41, 5.74) is 6.35. The van der Waals surface area contributed by atoms with Gasteiger partial charge in [0.05, 0.1) is 22.8 Å². The normalized spacial score (nSPS) is 19.9. The molecule has 0 atom stereocenters. The Bertz CT molecular complexity index is 788. The molecule has 2 N–H and O–H groups in total. The monoisotopic (exact) mass is 360 g/mol. The average Bonchev–Trinajstić information content (AvgIpc) is 2.70. The number of hydrogen-bond donors (Lipinski definition) is 2. The zero-order valence-corrected chi connectivity index (χ0v) is 17.2. The maximum Gasteiger partial charge on any atom is 0.0703 e. The summed E-state index contributed by atoms with van der Waals surface area (Å²) in [5.74, 6) is 0. The van der Waals surface area contributed by atoms with E-state index in [4.69, 9.17) is 0 Å². The highest BCUT2D eigenvalue weighted by atomic mass is 15.1. The zero-order chi connectivity index (χ0) is 20.1. The van der Waals surface area contributed by atoms with Gasteiger partial charge >= 0.3 is 0 Å². The molecular formula is C25H32N2. The Morgan fingerprint density at radius 1 is 0.741 bits per heavy atom. The molecule has 142 valence electrons. The van der Waals surface area contributed by atoms with Crippen molar-refractivity contribution in [3.63, 3.8) is 0 Å². The molecule has 0 saturated carbocycles. The molecule has 1 rings (SSSR count). The number of allylic oxidation sites excluding steroid dienone is 13. The smallest absolute Gasteiger partial charge is 0.0703 e. The topological polar surface area (TPSA) is 24.1 Å². The van der Waals surface area contributed by atoms with Crippen molar-refractivity contribution < 1.29 is 0 Å². The molecule has 0 aromatic carbocycles. The van der Waals surface area contributed by atoms with E-state index in [0.29, 0.717) is 0 Å². The molecule has 0 aromatic heterocycles. The van der Waals surface area contributed by atoms with Crippen LogP contribution in [0, 0.1) is 0 Å². The largest absolute Gasteiger partial charge is 0.352 e. The molecule has 27 heavy (non-hydrogen) atoms. The van der Waals surface area contributed by atoms with Crippen LogP contribution in [0.3, 0.4) is 0 Å². The molecule has 0 bridgehead atoms. The van der Waals surface area contributed by atoms with Gasteiger partial charge in [0, 0.05) is 0 Å². The third-order valence-corrected chi connectivity index (χ3v) is 3.92. The predicted molar refractivity (Wildman–Crippen MR) is 121 cm³/mol. The fourth-order valence-electron chi connectivity index (χ4n) is 2.61. The second kappa shape index (κ2) is 12.4. The summed E-state index contributed by atoms with van der Waals surface area (Å²) in [6.07, 6.45) is 26.5. The lowest BCUT2D eigenvalue weighted by Crippen LogP contribution is -2.33. The van der Waals surface area contributed by atoms with Gasteiger partial charge in [-0.3, -0.25) is 0 Å². The standard InChI is InChI=1S/C25H32N2/c1-7-13-17-20(11-5)24-25(21(16-10-4)18-14-8-2)26-22(12-6)23(27-24)19-15-9-3/h7-19,26-27H,1H2,2-6H3/b14-8-,15-9-,16-10-,17-13-,20-11+,21-18+,22-12+,23-19+. The van der Waals surface area contributed by atoms with E-state index in [0.717, 1.165) is 33.9 Å². The number of nitrogens with one attached hydrogen (secondary N) is 2. The van der Waals surface area contributed by atoms with Crippen LogP contribution >= 0.6 is 0 Å². The van der Waals surface area contributed by atoms with Crippen LogP contribution in [0.2, 0.25) is 0 Å². The maximum atomic E-state index is 3.79. The molecule has 1 aliphatic heterocycles. The summed E-state index contributed by atoms with van der Waals surface area (Å²) in [6.45, 7) is 13.9. The Morgan fingerprint density at radius 2 is 1.41 bits per heavy atom. The van der Waals surface area contributed by atoms with Gasteiger partial charge in [-0.2, -0.15) is 0 Å². The number of rotatable bonds is 7. The van der Waals surface area contributed by atoms with Crippen LogP contribution in [0.5, 0.6) is 0 Å². The van der Waals surface area contributed by atoms with Gasteiger partial charge in [-0.15, -0.1) is 0 Å². The van der Waals surface area contributed by atoms with Crippen molar-refractivity contribution in [3.05, 3.63) is 120 Å². The lowest BCUT2D eigenvalue weighted by atomic mass is 9.99. The van der Waals surface area contributed by atoms with Crippen LogP contribution in [-0.4, -0.2) is 0 Å². The van der Waals surface area contributed by atoms with E-state index in [1.807, 2.05) is 58.9 Å². The summed E-state index contributed by atoms with van der Waals surface area (Å²) in [5, 5.41) is 7.24. The Hall–Kier alpha value is -3.00. The van der Waals surface area contributed by atoms with Crippen molar-refractivity contribution in [1.29, 1.82) is 0 Å². The maximum absolute atomic E-state index is 3.79. The summed E-state index contributed by atoms with van der Waals surface area (Å²) in [4.78, 5) is 0. The molecule has 2 heteroatoms. The van der Waals surface area contributed by atoms with Gasteiger partial charge in [-0.25, -0.2) is 0 Å². The van der Waals surface area contributed by atoms with E-state index in [2.05, 4.69) is 65.8 Å². The van der Waals surface area contributed by atoms with Crippen molar-refractivity contribution in [2.24, 2.45) is 0 Å². The lowest BCUT2D eigenvalue weighted by Gasteiger charge is -2.29. The van der Waals surface area contributed by atoms with Crippen LogP contribution in [0.4, 0.5) is 0 Å². The number of hydrogen-bond acceptors (Lipinski definition) is 2. The first-order chi connectivity index (χ1) is 13.2. The van der Waals surface area contributed by atoms with Crippen LogP contribution in [0.1, 0.15) is 34.6 Å². The van der Waals surface area contributed by atoms with E-state index in [1.165, 1.54) is 0 Å². The minimum atomic E-state index is 1.03. The third-order valence-electron chi connectivity index (χ3n) is 3.92. The fraction of sp³-hybridized carbons (Fsp3) is 0.200. The molecule has 0 radical (unpaired) electrons. The lowest BCUT2D eigenvalue weighted by molar-refractivity contribution is 0.823. The first-order valence-electron chi connectivity index (χ1n) is 9.36. The highest BCUT2D eigenvalue weighted by molar-refractivity contribution is 5.58. The van der Waals surface area contributed by atoms with Gasteiger partial charge in [-0.1, -0.05) is 79.5 Å². The highest BCUT2D eigenvalue weighted by Crippen LogP contribution is 2.27. The quantitative estimate of drug-likeness (QED) is 0.505. The van der Waals surface area contributed by atoms with E-state index < -0.39 is 0 Å². The first kappa shape index (κ1) is 22.0. The van der Waals surface area contributed by atoms with Gasteiger partial charge in [-0.05, 0) is 51.8 Å². The minimum absolute atomic E-state index is 1.03. The molecule has 1 aliphatic rings. The molecular weight excluding hydrogens is 328 g/mol. The molecule has 0 unspecified atom stereocenters. The van der Waals surface area contributed by atoms with Crippen LogP contribution in [0.25, 0.3) is 0 Å². The summed E-state index contributed by atoms with van der Waals surface area (Å²) in [7, 11) is 0. The van der Waals surface area contributed by atoms with Crippen molar-refractivity contribution in [2.75, 3.05) is 0 Å². The van der Waals surface area contributed by atoms with E-state index in [9.17, 15) is 0 Å². The van der Waals surface area contributed by atoms with E-state index in [-0.39, 0.29) is 0 Å². The van der Waals surface area contributed by atoms with Gasteiger partial charge < -0.3 is 10.6 Å². The summed E-state index contributed by atoms with van der Waals surface area (Å²) >= 11 is 0. The average molecular weight is 361 g/mol. The predicted octanol–water partition coefficient (Wildman–Crippen LogP) is 6.52. The molecule has 0 spiro atoms. The van der Waals surface area contributed by atoms with Crippen molar-refractivity contribution in [2.45, 2.75) is 34.6 Å². The van der Waals surface area contributed by atoms with Crippen LogP contribution in [0.15, 0.2) is 120 Å². The SMILES string of the molecule is C=C/C=C\C(=C/C)C1=C(C(/C=C\C)=C/C=C\C)NC(=C/C)/C(=C\C=C/C)N1. The zero-order valence-electron chi connectivity index (χ0n) is 17.2. The molecule has 2 nitrogen and oxygen atoms in total. The fourth-order valence-corrected chi connectivity index (χ4v) is 2.61. The molecule has 0 saturated heterocycles. The van der Waals surface area contributed by atoms with Gasteiger partial charge in [0.1, 0.15) is 0 Å². The minimum Gasteiger partial charge on any atom is -0.352 e. The van der Waals surface area contributed by atoms with E-state index in [1.54, 1.807) is 6.08 Å². The van der Waals surface area contributed by atoms with Crippen LogP contribution in [-0.2, 0) is 0 Å². The summed E-state index contributed by atoms with van der Waals surface area (Å²) < 4.78 is 0. The van der Waals surface area contributed by atoms with E-state index >= 15 is 0 Å². The van der Waals surface area contributed by atoms with Crippen molar-refractivity contribution in [1.82, 2.24) is 10.6 Å². The van der Waals surface area contributed by atoms with Crippen molar-refractivity contribution in [3.8, 4) is 0 Å². The van der Waals surface area contributed by atoms with Crippen molar-refractivity contribution >= 4 is 0 Å². The molecule has 0 fully saturated rings. The third kappa shape index (κ3) is 6.34.